The molecule has 0 unspecified atom stereocenters. The summed E-state index contributed by atoms with van der Waals surface area (Å²) in [6.07, 6.45) is 0.413. The van der Waals surface area contributed by atoms with E-state index in [0.29, 0.717) is 23.2 Å². The predicted molar refractivity (Wildman–Crippen MR) is 110 cm³/mol. The molecule has 30 heavy (non-hydrogen) atoms. The van der Waals surface area contributed by atoms with Crippen LogP contribution in [0.2, 0.25) is 0 Å². The maximum absolute atomic E-state index is 13.8. The molecule has 0 saturated carbocycles. The molecule has 4 rings (SSSR count). The Hall–Kier alpha value is -3.26. The number of carbonyl (C=O) groups excluding carboxylic acids is 1. The Morgan fingerprint density at radius 2 is 1.73 bits per heavy atom. The van der Waals surface area contributed by atoms with Crippen LogP contribution in [0.15, 0.2) is 71.6 Å². The molecule has 0 fully saturated rings. The SMILES string of the molecule is C[C@@H]1Cc2cc(C(=O)Nc3ccccc3F)ccc2N1S(=O)(=O)c1ccc(F)cc1. The average Bonchev–Trinajstić information content (AvgIpc) is 3.05. The first-order chi connectivity index (χ1) is 14.3. The molecule has 0 radical (unpaired) electrons. The summed E-state index contributed by atoms with van der Waals surface area (Å²) >= 11 is 0. The predicted octanol–water partition coefficient (Wildman–Crippen LogP) is 4.36. The lowest BCUT2D eigenvalue weighted by Gasteiger charge is -2.24. The zero-order valence-corrected chi connectivity index (χ0v) is 16.8. The summed E-state index contributed by atoms with van der Waals surface area (Å²) in [5.41, 5.74) is 1.52. The molecule has 0 spiro atoms. The van der Waals surface area contributed by atoms with Crippen LogP contribution in [-0.2, 0) is 16.4 Å². The van der Waals surface area contributed by atoms with E-state index >= 15 is 0 Å². The molecule has 1 aliphatic rings. The molecule has 1 amide bonds. The minimum atomic E-state index is -3.89. The van der Waals surface area contributed by atoms with Crippen LogP contribution in [0.1, 0.15) is 22.8 Å². The maximum atomic E-state index is 13.8. The maximum Gasteiger partial charge on any atom is 0.264 e. The van der Waals surface area contributed by atoms with E-state index in [0.717, 1.165) is 12.1 Å². The average molecular weight is 428 g/mol. The van der Waals surface area contributed by atoms with Gasteiger partial charge in [-0.2, -0.15) is 0 Å². The van der Waals surface area contributed by atoms with Gasteiger partial charge in [-0.15, -0.1) is 0 Å². The third kappa shape index (κ3) is 3.54. The molecule has 0 aromatic heterocycles. The number of hydrogen-bond acceptors (Lipinski definition) is 3. The van der Waals surface area contributed by atoms with Gasteiger partial charge in [0, 0.05) is 11.6 Å². The Labute approximate surface area is 173 Å². The van der Waals surface area contributed by atoms with Crippen LogP contribution in [0.4, 0.5) is 20.2 Å². The number of rotatable bonds is 4. The van der Waals surface area contributed by atoms with Crippen molar-refractivity contribution in [3.8, 4) is 0 Å². The topological polar surface area (TPSA) is 66.5 Å². The van der Waals surface area contributed by atoms with Gasteiger partial charge in [0.25, 0.3) is 15.9 Å². The number of para-hydroxylation sites is 1. The van der Waals surface area contributed by atoms with E-state index in [9.17, 15) is 22.0 Å². The van der Waals surface area contributed by atoms with Crippen molar-refractivity contribution in [3.05, 3.63) is 89.5 Å². The van der Waals surface area contributed by atoms with E-state index in [1.165, 1.54) is 40.7 Å². The van der Waals surface area contributed by atoms with Crippen molar-refractivity contribution in [1.82, 2.24) is 0 Å². The van der Waals surface area contributed by atoms with Gasteiger partial charge >= 0.3 is 0 Å². The lowest BCUT2D eigenvalue weighted by atomic mass is 10.1. The number of sulfonamides is 1. The van der Waals surface area contributed by atoms with Gasteiger partial charge < -0.3 is 5.32 Å². The number of anilines is 2. The van der Waals surface area contributed by atoms with Crippen LogP contribution in [0.5, 0.6) is 0 Å². The molecule has 5 nitrogen and oxygen atoms in total. The zero-order chi connectivity index (χ0) is 21.5. The van der Waals surface area contributed by atoms with Gasteiger partial charge in [-0.05, 0) is 73.5 Å². The second-order valence-corrected chi connectivity index (χ2v) is 8.90. The first kappa shape index (κ1) is 20.0. The normalized spacial score (nSPS) is 15.7. The molecule has 0 saturated heterocycles. The van der Waals surface area contributed by atoms with Gasteiger partial charge in [-0.3, -0.25) is 9.10 Å². The van der Waals surface area contributed by atoms with Gasteiger partial charge in [-0.25, -0.2) is 17.2 Å². The van der Waals surface area contributed by atoms with Crippen LogP contribution in [-0.4, -0.2) is 20.4 Å². The summed E-state index contributed by atoms with van der Waals surface area (Å²) in [4.78, 5) is 12.5. The molecule has 1 atom stereocenters. The molecular formula is C22H18F2N2O3S. The highest BCUT2D eigenvalue weighted by molar-refractivity contribution is 7.92. The van der Waals surface area contributed by atoms with Crippen LogP contribution in [0.3, 0.4) is 0 Å². The van der Waals surface area contributed by atoms with E-state index < -0.39 is 27.6 Å². The Kier molecular flexibility index (Phi) is 5.03. The summed E-state index contributed by atoms with van der Waals surface area (Å²) in [7, 11) is -3.89. The van der Waals surface area contributed by atoms with Crippen LogP contribution in [0.25, 0.3) is 0 Å². The molecular weight excluding hydrogens is 410 g/mol. The van der Waals surface area contributed by atoms with Crippen molar-refractivity contribution >= 4 is 27.3 Å². The first-order valence-electron chi connectivity index (χ1n) is 9.26. The molecule has 0 bridgehead atoms. The number of nitrogens with one attached hydrogen (secondary N) is 1. The van der Waals surface area contributed by atoms with Crippen molar-refractivity contribution in [2.45, 2.75) is 24.3 Å². The lowest BCUT2D eigenvalue weighted by Crippen LogP contribution is -2.35. The number of benzene rings is 3. The van der Waals surface area contributed by atoms with Gasteiger partial charge in [0.1, 0.15) is 11.6 Å². The van der Waals surface area contributed by atoms with Crippen molar-refractivity contribution in [2.24, 2.45) is 0 Å². The second-order valence-electron chi connectivity index (χ2n) is 7.09. The van der Waals surface area contributed by atoms with Crippen molar-refractivity contribution in [1.29, 1.82) is 0 Å². The number of halogens is 2. The molecule has 1 N–H and O–H groups in total. The van der Waals surface area contributed by atoms with Gasteiger partial charge in [0.15, 0.2) is 0 Å². The van der Waals surface area contributed by atoms with E-state index in [4.69, 9.17) is 0 Å². The number of amides is 1. The fourth-order valence-corrected chi connectivity index (χ4v) is 5.28. The molecule has 1 aliphatic heterocycles. The monoisotopic (exact) mass is 428 g/mol. The highest BCUT2D eigenvalue weighted by Crippen LogP contribution is 2.37. The zero-order valence-electron chi connectivity index (χ0n) is 16.0. The Bertz CT molecular complexity index is 1230. The van der Waals surface area contributed by atoms with Crippen LogP contribution < -0.4 is 9.62 Å². The third-order valence-electron chi connectivity index (χ3n) is 4.99. The standard InChI is InChI=1S/C22H18F2N2O3S/c1-14-12-16-13-15(22(27)25-20-5-3-2-4-19(20)24)6-11-21(16)26(14)30(28,29)18-9-7-17(23)8-10-18/h2-11,13-14H,12H2,1H3,(H,25,27)/t14-/m1/s1. The number of carbonyl (C=O) groups is 1. The summed E-state index contributed by atoms with van der Waals surface area (Å²) in [6, 6.07) is 14.8. The number of nitrogens with zero attached hydrogens (tertiary/aromatic N) is 1. The number of hydrogen-bond donors (Lipinski definition) is 1. The fourth-order valence-electron chi connectivity index (χ4n) is 3.59. The Morgan fingerprint density at radius 1 is 1.03 bits per heavy atom. The minimum Gasteiger partial charge on any atom is -0.319 e. The smallest absolute Gasteiger partial charge is 0.264 e. The lowest BCUT2D eigenvalue weighted by molar-refractivity contribution is 0.102. The van der Waals surface area contributed by atoms with E-state index in [2.05, 4.69) is 5.32 Å². The largest absolute Gasteiger partial charge is 0.319 e. The summed E-state index contributed by atoms with van der Waals surface area (Å²) in [6.45, 7) is 1.76. The van der Waals surface area contributed by atoms with Crippen LogP contribution in [0, 0.1) is 11.6 Å². The molecule has 0 aliphatic carbocycles. The van der Waals surface area contributed by atoms with Crippen LogP contribution >= 0.6 is 0 Å². The van der Waals surface area contributed by atoms with Crippen molar-refractivity contribution < 1.29 is 22.0 Å². The Morgan fingerprint density at radius 3 is 2.43 bits per heavy atom. The van der Waals surface area contributed by atoms with E-state index in [1.807, 2.05) is 0 Å². The molecule has 1 heterocycles. The second kappa shape index (κ2) is 7.53. The van der Waals surface area contributed by atoms with Gasteiger partial charge in [-0.1, -0.05) is 12.1 Å². The van der Waals surface area contributed by atoms with Crippen molar-refractivity contribution in [3.63, 3.8) is 0 Å². The quantitative estimate of drug-likeness (QED) is 0.672. The molecule has 3 aromatic rings. The van der Waals surface area contributed by atoms with E-state index in [1.54, 1.807) is 25.1 Å². The molecule has 154 valence electrons. The summed E-state index contributed by atoms with van der Waals surface area (Å²) < 4.78 is 54.5. The first-order valence-corrected chi connectivity index (χ1v) is 10.7. The van der Waals surface area contributed by atoms with Gasteiger partial charge in [0.05, 0.1) is 16.3 Å². The fraction of sp³-hybridized carbons (Fsp3) is 0.136. The molecule has 3 aromatic carbocycles. The summed E-state index contributed by atoms with van der Waals surface area (Å²) in [5, 5.41) is 2.52. The van der Waals surface area contributed by atoms with Crippen molar-refractivity contribution in [2.75, 3.05) is 9.62 Å². The number of fused-ring (bicyclic) bond motifs is 1. The Balaban J connectivity index is 1.64. The third-order valence-corrected chi connectivity index (χ3v) is 6.93. The molecule has 8 heteroatoms. The van der Waals surface area contributed by atoms with E-state index in [-0.39, 0.29) is 16.6 Å². The highest BCUT2D eigenvalue weighted by atomic mass is 32.2. The summed E-state index contributed by atoms with van der Waals surface area (Å²) in [5.74, 6) is -1.55. The highest BCUT2D eigenvalue weighted by Gasteiger charge is 2.36. The van der Waals surface area contributed by atoms with Gasteiger partial charge in [0.2, 0.25) is 0 Å². The minimum absolute atomic E-state index is 0.00928.